The van der Waals surface area contributed by atoms with Crippen LogP contribution in [0.3, 0.4) is 0 Å². The average molecular weight is 403 g/mol. The van der Waals surface area contributed by atoms with E-state index in [1.807, 2.05) is 19.0 Å². The highest BCUT2D eigenvalue weighted by atomic mass is 19.1. The van der Waals surface area contributed by atoms with Crippen molar-refractivity contribution in [3.05, 3.63) is 71.3 Å². The van der Waals surface area contributed by atoms with Crippen LogP contribution in [-0.4, -0.2) is 37.5 Å². The lowest BCUT2D eigenvalue weighted by atomic mass is 9.87. The largest absolute Gasteiger partial charge is 0.355 e. The van der Waals surface area contributed by atoms with Crippen molar-refractivity contribution >= 4 is 5.91 Å². The van der Waals surface area contributed by atoms with E-state index in [-0.39, 0.29) is 29.5 Å². The minimum atomic E-state index is -0.279. The number of hydrogen-bond acceptors (Lipinski definition) is 2. The molecule has 1 unspecified atom stereocenters. The Labute approximate surface area is 173 Å². The molecule has 0 heterocycles. The average Bonchev–Trinajstić information content (AvgIpc) is 2.67. The molecule has 1 N–H and O–H groups in total. The molecule has 0 aliphatic heterocycles. The zero-order valence-corrected chi connectivity index (χ0v) is 17.8. The molecule has 1 atom stereocenters. The van der Waals surface area contributed by atoms with Crippen molar-refractivity contribution in [2.75, 3.05) is 20.6 Å². The highest BCUT2D eigenvalue weighted by molar-refractivity contribution is 5.81. The van der Waals surface area contributed by atoms with Crippen LogP contribution in [0.5, 0.6) is 0 Å². The molecule has 0 aliphatic carbocycles. The molecule has 2 rings (SSSR count). The minimum Gasteiger partial charge on any atom is -0.355 e. The predicted octanol–water partition coefficient (Wildman–Crippen LogP) is 4.97. The number of carbonyl (C=O) groups excluding carboxylic acids is 1. The first-order valence-electron chi connectivity index (χ1n) is 10.2. The van der Waals surface area contributed by atoms with Gasteiger partial charge in [-0.3, -0.25) is 9.69 Å². The van der Waals surface area contributed by atoms with Crippen molar-refractivity contribution in [3.8, 4) is 0 Å². The second-order valence-electron chi connectivity index (χ2n) is 8.20. The fourth-order valence-corrected chi connectivity index (χ4v) is 3.55. The van der Waals surface area contributed by atoms with Gasteiger partial charge >= 0.3 is 0 Å². The van der Waals surface area contributed by atoms with Gasteiger partial charge in [0.15, 0.2) is 0 Å². The van der Waals surface area contributed by atoms with Crippen LogP contribution in [0, 0.1) is 17.6 Å². The molecule has 0 saturated carbocycles. The highest BCUT2D eigenvalue weighted by Crippen LogP contribution is 2.29. The molecule has 158 valence electrons. The molecule has 2 aromatic carbocycles. The zero-order chi connectivity index (χ0) is 21.4. The summed E-state index contributed by atoms with van der Waals surface area (Å²) in [5, 5.41) is 3.05. The monoisotopic (exact) mass is 402 g/mol. The summed E-state index contributed by atoms with van der Waals surface area (Å²) in [5.74, 6) is -0.0517. The van der Waals surface area contributed by atoms with Gasteiger partial charge in [-0.15, -0.1) is 0 Å². The van der Waals surface area contributed by atoms with Gasteiger partial charge in [0.1, 0.15) is 11.6 Å². The molecule has 1 amide bonds. The molecular formula is C24H32F2N2O. The molecule has 2 aromatic rings. The molecule has 29 heavy (non-hydrogen) atoms. The summed E-state index contributed by atoms with van der Waals surface area (Å²) in [6.45, 7) is 4.79. The van der Waals surface area contributed by atoms with Crippen LogP contribution in [0.15, 0.2) is 48.5 Å². The number of benzene rings is 2. The Morgan fingerprint density at radius 3 is 1.83 bits per heavy atom. The van der Waals surface area contributed by atoms with Crippen molar-refractivity contribution in [3.63, 3.8) is 0 Å². The van der Waals surface area contributed by atoms with E-state index in [1.165, 1.54) is 24.3 Å². The fraction of sp³-hybridized carbons (Fsp3) is 0.458. The Balaban J connectivity index is 2.00. The molecule has 5 heteroatoms. The number of rotatable bonds is 10. The number of amides is 1. The summed E-state index contributed by atoms with van der Waals surface area (Å²) in [4.78, 5) is 14.5. The van der Waals surface area contributed by atoms with Crippen LogP contribution in [0.1, 0.15) is 50.2 Å². The number of halogens is 2. The molecule has 0 bridgehead atoms. The molecule has 0 aliphatic rings. The maximum absolute atomic E-state index is 13.3. The molecular weight excluding hydrogens is 370 g/mol. The van der Waals surface area contributed by atoms with Gasteiger partial charge in [0.2, 0.25) is 5.91 Å². The van der Waals surface area contributed by atoms with E-state index in [4.69, 9.17) is 0 Å². The lowest BCUT2D eigenvalue weighted by Crippen LogP contribution is -2.44. The van der Waals surface area contributed by atoms with Crippen molar-refractivity contribution in [2.45, 2.75) is 45.1 Å². The first-order chi connectivity index (χ1) is 13.8. The molecule has 0 saturated heterocycles. The minimum absolute atomic E-state index is 0.0217. The Bertz CT molecular complexity index is 712. The first-order valence-corrected chi connectivity index (χ1v) is 10.2. The van der Waals surface area contributed by atoms with Gasteiger partial charge in [-0.25, -0.2) is 8.78 Å². The van der Waals surface area contributed by atoms with E-state index in [1.54, 1.807) is 24.3 Å². The second-order valence-corrected chi connectivity index (χ2v) is 8.20. The lowest BCUT2D eigenvalue weighted by molar-refractivity contribution is -0.126. The standard InChI is InChI=1S/C24H32F2N2O/c1-17(2)16-23(28(3)4)24(29)27-15-5-6-22(18-7-11-20(25)12-8-18)19-9-13-21(26)14-10-19/h7-14,17,22-23H,5-6,15-16H2,1-4H3,(H,27,29). The van der Waals surface area contributed by atoms with Gasteiger partial charge in [-0.1, -0.05) is 38.1 Å². The van der Waals surface area contributed by atoms with Crippen LogP contribution in [-0.2, 0) is 4.79 Å². The van der Waals surface area contributed by atoms with Crippen LogP contribution < -0.4 is 5.32 Å². The molecule has 0 radical (unpaired) electrons. The lowest BCUT2D eigenvalue weighted by Gasteiger charge is -2.25. The Hall–Kier alpha value is -2.27. The smallest absolute Gasteiger partial charge is 0.237 e. The van der Waals surface area contributed by atoms with Crippen molar-refractivity contribution in [1.82, 2.24) is 10.2 Å². The summed E-state index contributed by atoms with van der Waals surface area (Å²) < 4.78 is 26.7. The van der Waals surface area contributed by atoms with Gasteiger partial charge in [-0.2, -0.15) is 0 Å². The van der Waals surface area contributed by atoms with Gasteiger partial charge in [-0.05, 0) is 74.7 Å². The third-order valence-electron chi connectivity index (χ3n) is 5.13. The maximum Gasteiger partial charge on any atom is 0.237 e. The van der Waals surface area contributed by atoms with E-state index in [0.717, 1.165) is 30.4 Å². The topological polar surface area (TPSA) is 32.3 Å². The Kier molecular flexibility index (Phi) is 8.77. The van der Waals surface area contributed by atoms with Crippen LogP contribution >= 0.6 is 0 Å². The van der Waals surface area contributed by atoms with Crippen LogP contribution in [0.2, 0.25) is 0 Å². The first kappa shape index (κ1) is 23.0. The number of nitrogens with zero attached hydrogens (tertiary/aromatic N) is 1. The maximum atomic E-state index is 13.3. The molecule has 0 spiro atoms. The fourth-order valence-electron chi connectivity index (χ4n) is 3.55. The van der Waals surface area contributed by atoms with E-state index in [9.17, 15) is 13.6 Å². The van der Waals surface area contributed by atoms with Crippen molar-refractivity contribution in [2.24, 2.45) is 5.92 Å². The van der Waals surface area contributed by atoms with E-state index in [0.29, 0.717) is 12.5 Å². The van der Waals surface area contributed by atoms with E-state index < -0.39 is 0 Å². The predicted molar refractivity (Wildman–Crippen MR) is 114 cm³/mol. The van der Waals surface area contributed by atoms with Gasteiger partial charge < -0.3 is 5.32 Å². The number of carbonyl (C=O) groups is 1. The highest BCUT2D eigenvalue weighted by Gasteiger charge is 2.21. The summed E-state index contributed by atoms with van der Waals surface area (Å²) in [7, 11) is 3.84. The van der Waals surface area contributed by atoms with Crippen molar-refractivity contribution < 1.29 is 13.6 Å². The number of hydrogen-bond donors (Lipinski definition) is 1. The summed E-state index contributed by atoms with van der Waals surface area (Å²) >= 11 is 0. The molecule has 0 fully saturated rings. The van der Waals surface area contributed by atoms with E-state index in [2.05, 4.69) is 19.2 Å². The van der Waals surface area contributed by atoms with Gasteiger partial charge in [0.05, 0.1) is 6.04 Å². The molecule has 0 aromatic heterocycles. The normalized spacial score (nSPS) is 12.6. The zero-order valence-electron chi connectivity index (χ0n) is 17.8. The molecule has 3 nitrogen and oxygen atoms in total. The summed E-state index contributed by atoms with van der Waals surface area (Å²) in [6.07, 6.45) is 2.36. The van der Waals surface area contributed by atoms with Gasteiger partial charge in [0.25, 0.3) is 0 Å². The summed E-state index contributed by atoms with van der Waals surface area (Å²) in [6, 6.07) is 12.7. The van der Waals surface area contributed by atoms with Crippen LogP contribution in [0.4, 0.5) is 8.78 Å². The second kappa shape index (κ2) is 11.1. The third-order valence-corrected chi connectivity index (χ3v) is 5.13. The Morgan fingerprint density at radius 2 is 1.41 bits per heavy atom. The quantitative estimate of drug-likeness (QED) is 0.569. The van der Waals surface area contributed by atoms with E-state index >= 15 is 0 Å². The van der Waals surface area contributed by atoms with Crippen LogP contribution in [0.25, 0.3) is 0 Å². The third kappa shape index (κ3) is 7.24. The van der Waals surface area contributed by atoms with Gasteiger partial charge in [0, 0.05) is 12.5 Å². The number of nitrogens with one attached hydrogen (secondary N) is 1. The summed E-state index contributed by atoms with van der Waals surface area (Å²) in [5.41, 5.74) is 1.96. The number of likely N-dealkylation sites (N-methyl/N-ethyl adjacent to an activating group) is 1. The van der Waals surface area contributed by atoms with Crippen molar-refractivity contribution in [1.29, 1.82) is 0 Å². The SMILES string of the molecule is CC(C)CC(C(=O)NCCCC(c1ccc(F)cc1)c1ccc(F)cc1)N(C)C. The Morgan fingerprint density at radius 1 is 0.931 bits per heavy atom.